The summed E-state index contributed by atoms with van der Waals surface area (Å²) in [5.74, 6) is 1.69. The Morgan fingerprint density at radius 1 is 1.17 bits per heavy atom. The lowest BCUT2D eigenvalue weighted by Gasteiger charge is -2.37. The summed E-state index contributed by atoms with van der Waals surface area (Å²) in [4.78, 5) is 9.53. The SMILES string of the molecule is CC(C)Cn1ncnc1CN1CCN([C@H](C)c2ccsc2)CC1. The van der Waals surface area contributed by atoms with Crippen molar-refractivity contribution in [2.75, 3.05) is 26.2 Å². The van der Waals surface area contributed by atoms with E-state index < -0.39 is 0 Å². The van der Waals surface area contributed by atoms with Crippen molar-refractivity contribution < 1.29 is 0 Å². The predicted molar refractivity (Wildman–Crippen MR) is 94.4 cm³/mol. The van der Waals surface area contributed by atoms with Crippen LogP contribution in [0.1, 0.15) is 38.2 Å². The van der Waals surface area contributed by atoms with Gasteiger partial charge in [0.2, 0.25) is 0 Å². The highest BCUT2D eigenvalue weighted by Crippen LogP contribution is 2.23. The summed E-state index contributed by atoms with van der Waals surface area (Å²) in [5, 5.41) is 8.81. The molecule has 5 nitrogen and oxygen atoms in total. The van der Waals surface area contributed by atoms with Crippen LogP contribution in [0.5, 0.6) is 0 Å². The molecule has 2 aromatic rings. The Bertz CT molecular complexity index is 584. The molecule has 0 aliphatic carbocycles. The van der Waals surface area contributed by atoms with Crippen molar-refractivity contribution in [1.82, 2.24) is 24.6 Å². The third-order valence-corrected chi connectivity index (χ3v) is 5.28. The summed E-state index contributed by atoms with van der Waals surface area (Å²) in [6.07, 6.45) is 1.69. The van der Waals surface area contributed by atoms with Crippen molar-refractivity contribution in [3.63, 3.8) is 0 Å². The normalized spacial score (nSPS) is 18.6. The maximum atomic E-state index is 4.46. The molecular formula is C17H27N5S. The van der Waals surface area contributed by atoms with Crippen molar-refractivity contribution >= 4 is 11.3 Å². The molecule has 1 saturated heterocycles. The fourth-order valence-corrected chi connectivity index (χ4v) is 3.89. The Morgan fingerprint density at radius 3 is 2.61 bits per heavy atom. The summed E-state index contributed by atoms with van der Waals surface area (Å²) in [5.41, 5.74) is 1.44. The highest BCUT2D eigenvalue weighted by Gasteiger charge is 2.23. The molecule has 126 valence electrons. The van der Waals surface area contributed by atoms with E-state index in [2.05, 4.69) is 62.2 Å². The first-order valence-corrected chi connectivity index (χ1v) is 9.43. The van der Waals surface area contributed by atoms with Gasteiger partial charge < -0.3 is 0 Å². The summed E-state index contributed by atoms with van der Waals surface area (Å²) >= 11 is 1.79. The molecule has 0 aromatic carbocycles. The van der Waals surface area contributed by atoms with Gasteiger partial charge in [-0.2, -0.15) is 16.4 Å². The fraction of sp³-hybridized carbons (Fsp3) is 0.647. The molecule has 1 atom stereocenters. The monoisotopic (exact) mass is 333 g/mol. The van der Waals surface area contributed by atoms with Gasteiger partial charge in [0.15, 0.2) is 0 Å². The molecule has 6 heteroatoms. The minimum Gasteiger partial charge on any atom is -0.294 e. The lowest BCUT2D eigenvalue weighted by molar-refractivity contribution is 0.0951. The number of hydrogen-bond acceptors (Lipinski definition) is 5. The highest BCUT2D eigenvalue weighted by atomic mass is 32.1. The highest BCUT2D eigenvalue weighted by molar-refractivity contribution is 7.07. The Hall–Kier alpha value is -1.24. The third kappa shape index (κ3) is 4.19. The number of aromatic nitrogens is 3. The molecule has 0 amide bonds. The van der Waals surface area contributed by atoms with Crippen LogP contribution in [-0.2, 0) is 13.1 Å². The zero-order valence-electron chi connectivity index (χ0n) is 14.4. The van der Waals surface area contributed by atoms with E-state index in [-0.39, 0.29) is 0 Å². The van der Waals surface area contributed by atoms with E-state index in [1.807, 2.05) is 0 Å². The van der Waals surface area contributed by atoms with E-state index in [0.29, 0.717) is 12.0 Å². The summed E-state index contributed by atoms with van der Waals surface area (Å²) in [6.45, 7) is 13.1. The van der Waals surface area contributed by atoms with Gasteiger partial charge in [0.25, 0.3) is 0 Å². The quantitative estimate of drug-likeness (QED) is 0.814. The van der Waals surface area contributed by atoms with Gasteiger partial charge in [0, 0.05) is 38.8 Å². The second-order valence-corrected chi connectivity index (χ2v) is 7.58. The third-order valence-electron chi connectivity index (χ3n) is 4.58. The van der Waals surface area contributed by atoms with Crippen LogP contribution in [0, 0.1) is 5.92 Å². The topological polar surface area (TPSA) is 37.2 Å². The van der Waals surface area contributed by atoms with Crippen LogP contribution >= 0.6 is 11.3 Å². The smallest absolute Gasteiger partial charge is 0.141 e. The van der Waals surface area contributed by atoms with Gasteiger partial charge in [-0.1, -0.05) is 13.8 Å². The number of nitrogens with zero attached hydrogens (tertiary/aromatic N) is 5. The van der Waals surface area contributed by atoms with E-state index in [1.54, 1.807) is 17.7 Å². The number of thiophene rings is 1. The number of piperazine rings is 1. The minimum absolute atomic E-state index is 0.521. The van der Waals surface area contributed by atoms with E-state index in [0.717, 1.165) is 45.1 Å². The van der Waals surface area contributed by atoms with Crippen LogP contribution in [0.15, 0.2) is 23.2 Å². The minimum atomic E-state index is 0.521. The maximum absolute atomic E-state index is 4.46. The molecule has 0 N–H and O–H groups in total. The van der Waals surface area contributed by atoms with Gasteiger partial charge in [0.05, 0.1) is 6.54 Å². The van der Waals surface area contributed by atoms with E-state index >= 15 is 0 Å². The first-order chi connectivity index (χ1) is 11.1. The zero-order chi connectivity index (χ0) is 16.2. The van der Waals surface area contributed by atoms with Crippen molar-refractivity contribution in [1.29, 1.82) is 0 Å². The molecule has 1 fully saturated rings. The van der Waals surface area contributed by atoms with Crippen LogP contribution in [0.4, 0.5) is 0 Å². The molecular weight excluding hydrogens is 306 g/mol. The van der Waals surface area contributed by atoms with Crippen molar-refractivity contribution in [3.8, 4) is 0 Å². The Labute approximate surface area is 142 Å². The van der Waals surface area contributed by atoms with Crippen LogP contribution in [-0.4, -0.2) is 50.7 Å². The van der Waals surface area contributed by atoms with Gasteiger partial charge in [0.1, 0.15) is 12.2 Å². The summed E-state index contributed by atoms with van der Waals surface area (Å²) < 4.78 is 2.06. The van der Waals surface area contributed by atoms with Crippen molar-refractivity contribution in [2.45, 2.75) is 39.9 Å². The predicted octanol–water partition coefficient (Wildman–Crippen LogP) is 2.87. The van der Waals surface area contributed by atoms with Crippen LogP contribution in [0.25, 0.3) is 0 Å². The molecule has 0 unspecified atom stereocenters. The summed E-state index contributed by atoms with van der Waals surface area (Å²) in [6, 6.07) is 2.77. The first kappa shape index (κ1) is 16.6. The van der Waals surface area contributed by atoms with Crippen molar-refractivity contribution in [2.24, 2.45) is 5.92 Å². The largest absolute Gasteiger partial charge is 0.294 e. The van der Waals surface area contributed by atoms with Gasteiger partial charge in [-0.3, -0.25) is 9.80 Å². The lowest BCUT2D eigenvalue weighted by Crippen LogP contribution is -2.46. The first-order valence-electron chi connectivity index (χ1n) is 8.48. The second kappa shape index (κ2) is 7.55. The molecule has 1 aliphatic heterocycles. The molecule has 3 heterocycles. The standard InChI is InChI=1S/C17H27N5S/c1-14(2)10-22-17(18-13-19-22)11-20-5-7-21(8-6-20)15(3)16-4-9-23-12-16/h4,9,12-15H,5-8,10-11H2,1-3H3/t15-/m1/s1. The average Bonchev–Trinajstić information content (AvgIpc) is 3.19. The van der Waals surface area contributed by atoms with Crippen LogP contribution in [0.2, 0.25) is 0 Å². The van der Waals surface area contributed by atoms with Crippen LogP contribution < -0.4 is 0 Å². The fourth-order valence-electron chi connectivity index (χ4n) is 3.14. The maximum Gasteiger partial charge on any atom is 0.141 e. The Balaban J connectivity index is 1.52. The molecule has 0 spiro atoms. The van der Waals surface area contributed by atoms with E-state index in [4.69, 9.17) is 0 Å². The van der Waals surface area contributed by atoms with Crippen molar-refractivity contribution in [3.05, 3.63) is 34.5 Å². The van der Waals surface area contributed by atoms with Gasteiger partial charge in [-0.05, 0) is 35.2 Å². The summed E-state index contributed by atoms with van der Waals surface area (Å²) in [7, 11) is 0. The lowest BCUT2D eigenvalue weighted by atomic mass is 10.1. The van der Waals surface area contributed by atoms with Gasteiger partial charge >= 0.3 is 0 Å². The van der Waals surface area contributed by atoms with Gasteiger partial charge in [-0.15, -0.1) is 0 Å². The Kier molecular flexibility index (Phi) is 5.46. The molecule has 3 rings (SSSR count). The molecule has 2 aromatic heterocycles. The number of hydrogen-bond donors (Lipinski definition) is 0. The van der Waals surface area contributed by atoms with E-state index in [1.165, 1.54) is 5.56 Å². The second-order valence-electron chi connectivity index (χ2n) is 6.80. The van der Waals surface area contributed by atoms with E-state index in [9.17, 15) is 0 Å². The number of rotatable bonds is 6. The zero-order valence-corrected chi connectivity index (χ0v) is 15.2. The molecule has 0 bridgehead atoms. The molecule has 0 radical (unpaired) electrons. The van der Waals surface area contributed by atoms with Gasteiger partial charge in [-0.25, -0.2) is 9.67 Å². The molecule has 1 aliphatic rings. The Morgan fingerprint density at radius 2 is 1.96 bits per heavy atom. The van der Waals surface area contributed by atoms with Crippen LogP contribution in [0.3, 0.4) is 0 Å². The average molecular weight is 334 g/mol. The molecule has 23 heavy (non-hydrogen) atoms. The molecule has 0 saturated carbocycles.